The lowest BCUT2D eigenvalue weighted by Crippen LogP contribution is -2.28. The highest BCUT2D eigenvalue weighted by Crippen LogP contribution is 2.33. The lowest BCUT2D eigenvalue weighted by Gasteiger charge is -2.31. The van der Waals surface area contributed by atoms with Crippen LogP contribution in [0, 0.1) is 18.8 Å². The van der Waals surface area contributed by atoms with Gasteiger partial charge >= 0.3 is 0 Å². The van der Waals surface area contributed by atoms with Crippen molar-refractivity contribution in [3.05, 3.63) is 34.3 Å². The maximum atomic E-state index is 6.31. The van der Waals surface area contributed by atoms with E-state index in [4.69, 9.17) is 17.3 Å². The first-order chi connectivity index (χ1) is 8.20. The van der Waals surface area contributed by atoms with Crippen LogP contribution in [0.1, 0.15) is 36.8 Å². The van der Waals surface area contributed by atoms with Crippen molar-refractivity contribution in [1.29, 1.82) is 0 Å². The van der Waals surface area contributed by atoms with Crippen molar-refractivity contribution in [2.24, 2.45) is 17.6 Å². The Morgan fingerprint density at radius 3 is 2.59 bits per heavy atom. The van der Waals surface area contributed by atoms with Gasteiger partial charge in [-0.25, -0.2) is 0 Å². The molecule has 2 rings (SSSR count). The van der Waals surface area contributed by atoms with E-state index in [1.165, 1.54) is 36.8 Å². The molecule has 1 fully saturated rings. The van der Waals surface area contributed by atoms with Crippen LogP contribution in [-0.4, -0.2) is 6.54 Å². The minimum atomic E-state index is 0.695. The monoisotopic (exact) mass is 251 g/mol. The van der Waals surface area contributed by atoms with Crippen molar-refractivity contribution in [2.45, 2.75) is 39.0 Å². The van der Waals surface area contributed by atoms with Gasteiger partial charge in [-0.2, -0.15) is 0 Å². The Balaban J connectivity index is 2.08. The second-order valence-corrected chi connectivity index (χ2v) is 5.75. The largest absolute Gasteiger partial charge is 0.330 e. The zero-order valence-corrected chi connectivity index (χ0v) is 11.3. The Morgan fingerprint density at radius 1 is 1.24 bits per heavy atom. The van der Waals surface area contributed by atoms with Crippen molar-refractivity contribution in [3.8, 4) is 0 Å². The molecule has 1 aliphatic rings. The summed E-state index contributed by atoms with van der Waals surface area (Å²) in [4.78, 5) is 0. The van der Waals surface area contributed by atoms with Crippen molar-refractivity contribution in [3.63, 3.8) is 0 Å². The molecule has 0 aromatic heterocycles. The van der Waals surface area contributed by atoms with Gasteiger partial charge in [0.2, 0.25) is 0 Å². The Morgan fingerprint density at radius 2 is 1.94 bits per heavy atom. The highest BCUT2D eigenvalue weighted by atomic mass is 35.5. The molecule has 1 saturated carbocycles. The SMILES string of the molecule is Cc1ccc(CC2CCCCC2CN)c(Cl)c1. The molecule has 1 nitrogen and oxygen atoms in total. The van der Waals surface area contributed by atoms with Gasteiger partial charge in [-0.15, -0.1) is 0 Å². The lowest BCUT2D eigenvalue weighted by molar-refractivity contribution is 0.242. The van der Waals surface area contributed by atoms with Gasteiger partial charge in [0.05, 0.1) is 0 Å². The Bertz CT molecular complexity index is 375. The summed E-state index contributed by atoms with van der Waals surface area (Å²) in [5.74, 6) is 1.43. The fourth-order valence-electron chi connectivity index (χ4n) is 2.96. The molecule has 0 heterocycles. The fraction of sp³-hybridized carbons (Fsp3) is 0.600. The third-order valence-electron chi connectivity index (χ3n) is 4.06. The number of benzene rings is 1. The van der Waals surface area contributed by atoms with Crippen molar-refractivity contribution >= 4 is 11.6 Å². The topological polar surface area (TPSA) is 26.0 Å². The molecule has 0 saturated heterocycles. The highest BCUT2D eigenvalue weighted by molar-refractivity contribution is 6.31. The first-order valence-electron chi connectivity index (χ1n) is 6.66. The number of nitrogens with two attached hydrogens (primary N) is 1. The minimum absolute atomic E-state index is 0.695. The van der Waals surface area contributed by atoms with E-state index in [0.29, 0.717) is 5.92 Å². The Hall–Kier alpha value is -0.530. The molecule has 0 aliphatic heterocycles. The van der Waals surface area contributed by atoms with Crippen LogP contribution in [0.15, 0.2) is 18.2 Å². The molecule has 0 bridgehead atoms. The van der Waals surface area contributed by atoms with Gasteiger partial charge in [0, 0.05) is 5.02 Å². The fourth-order valence-corrected chi connectivity index (χ4v) is 3.28. The van der Waals surface area contributed by atoms with E-state index < -0.39 is 0 Å². The summed E-state index contributed by atoms with van der Waals surface area (Å²) in [5.41, 5.74) is 8.40. The van der Waals surface area contributed by atoms with E-state index >= 15 is 0 Å². The molecule has 1 aliphatic carbocycles. The minimum Gasteiger partial charge on any atom is -0.330 e. The summed E-state index contributed by atoms with van der Waals surface area (Å²) in [7, 11) is 0. The molecule has 2 atom stereocenters. The average molecular weight is 252 g/mol. The van der Waals surface area contributed by atoms with Gasteiger partial charge < -0.3 is 5.73 Å². The molecule has 94 valence electrons. The van der Waals surface area contributed by atoms with Crippen LogP contribution in [-0.2, 0) is 6.42 Å². The molecular formula is C15H22ClN. The third-order valence-corrected chi connectivity index (χ3v) is 4.41. The summed E-state index contributed by atoms with van der Waals surface area (Å²) in [6, 6.07) is 6.40. The van der Waals surface area contributed by atoms with Gasteiger partial charge in [0.1, 0.15) is 0 Å². The molecule has 0 radical (unpaired) electrons. The molecule has 2 heteroatoms. The maximum Gasteiger partial charge on any atom is 0.0440 e. The molecule has 0 amide bonds. The van der Waals surface area contributed by atoms with E-state index in [1.54, 1.807) is 0 Å². The van der Waals surface area contributed by atoms with Gasteiger partial charge in [0.15, 0.2) is 0 Å². The molecule has 2 N–H and O–H groups in total. The number of halogens is 1. The smallest absolute Gasteiger partial charge is 0.0440 e. The van der Waals surface area contributed by atoms with Crippen LogP contribution in [0.4, 0.5) is 0 Å². The molecule has 0 spiro atoms. The maximum absolute atomic E-state index is 6.31. The normalized spacial score (nSPS) is 24.9. The summed E-state index contributed by atoms with van der Waals surface area (Å²) in [6.45, 7) is 2.91. The van der Waals surface area contributed by atoms with Gasteiger partial charge in [-0.1, -0.05) is 36.6 Å². The first kappa shape index (κ1) is 12.9. The molecule has 17 heavy (non-hydrogen) atoms. The second kappa shape index (κ2) is 5.88. The van der Waals surface area contributed by atoms with Crippen LogP contribution >= 0.6 is 11.6 Å². The van der Waals surface area contributed by atoms with Crippen LogP contribution in [0.3, 0.4) is 0 Å². The van der Waals surface area contributed by atoms with Crippen LogP contribution in [0.5, 0.6) is 0 Å². The quantitative estimate of drug-likeness (QED) is 0.865. The number of rotatable bonds is 3. The number of hydrogen-bond donors (Lipinski definition) is 1. The Labute approximate surface area is 109 Å². The summed E-state index contributed by atoms with van der Waals surface area (Å²) in [5, 5.41) is 0.923. The second-order valence-electron chi connectivity index (χ2n) is 5.34. The predicted octanol–water partition coefficient (Wildman–Crippen LogP) is 3.96. The lowest BCUT2D eigenvalue weighted by atomic mass is 9.76. The van der Waals surface area contributed by atoms with Crippen molar-refractivity contribution < 1.29 is 0 Å². The van der Waals surface area contributed by atoms with E-state index in [0.717, 1.165) is 23.9 Å². The van der Waals surface area contributed by atoms with Crippen molar-refractivity contribution in [1.82, 2.24) is 0 Å². The van der Waals surface area contributed by atoms with E-state index in [1.807, 2.05) is 0 Å². The number of aryl methyl sites for hydroxylation is 1. The number of hydrogen-bond acceptors (Lipinski definition) is 1. The summed E-state index contributed by atoms with van der Waals surface area (Å²) < 4.78 is 0. The van der Waals surface area contributed by atoms with E-state index in [2.05, 4.69) is 25.1 Å². The predicted molar refractivity (Wildman–Crippen MR) is 74.4 cm³/mol. The highest BCUT2D eigenvalue weighted by Gasteiger charge is 2.24. The molecule has 1 aromatic carbocycles. The van der Waals surface area contributed by atoms with Crippen LogP contribution in [0.2, 0.25) is 5.02 Å². The standard InChI is InChI=1S/C15H22ClN/c1-11-6-7-13(15(16)8-11)9-12-4-2-3-5-14(12)10-17/h6-8,12,14H,2-5,9-10,17H2,1H3. The zero-order chi connectivity index (χ0) is 12.3. The van der Waals surface area contributed by atoms with E-state index in [9.17, 15) is 0 Å². The zero-order valence-electron chi connectivity index (χ0n) is 10.6. The molecular weight excluding hydrogens is 230 g/mol. The van der Waals surface area contributed by atoms with Gasteiger partial charge in [0.25, 0.3) is 0 Å². The van der Waals surface area contributed by atoms with Crippen molar-refractivity contribution in [2.75, 3.05) is 6.54 Å². The summed E-state index contributed by atoms with van der Waals surface area (Å²) >= 11 is 6.31. The van der Waals surface area contributed by atoms with Crippen LogP contribution in [0.25, 0.3) is 0 Å². The summed E-state index contributed by atoms with van der Waals surface area (Å²) in [6.07, 6.45) is 6.41. The average Bonchev–Trinajstić information content (AvgIpc) is 2.33. The van der Waals surface area contributed by atoms with E-state index in [-0.39, 0.29) is 0 Å². The first-order valence-corrected chi connectivity index (χ1v) is 7.03. The van der Waals surface area contributed by atoms with Gasteiger partial charge in [-0.3, -0.25) is 0 Å². The Kier molecular flexibility index (Phi) is 4.47. The van der Waals surface area contributed by atoms with Gasteiger partial charge in [-0.05, 0) is 61.8 Å². The molecule has 1 aromatic rings. The van der Waals surface area contributed by atoms with Crippen LogP contribution < -0.4 is 5.73 Å². The third kappa shape index (κ3) is 3.23. The molecule has 2 unspecified atom stereocenters.